The summed E-state index contributed by atoms with van der Waals surface area (Å²) in [6.07, 6.45) is -1.59. The van der Waals surface area contributed by atoms with Crippen LogP contribution in [0.25, 0.3) is 0 Å². The van der Waals surface area contributed by atoms with E-state index < -0.39 is 31.3 Å². The quantitative estimate of drug-likeness (QED) is 0.781. The maximum absolute atomic E-state index is 12.3. The van der Waals surface area contributed by atoms with Crippen LogP contribution in [0.5, 0.6) is 0 Å². The summed E-state index contributed by atoms with van der Waals surface area (Å²) in [6, 6.07) is -2.29. The summed E-state index contributed by atoms with van der Waals surface area (Å²) in [4.78, 5) is 20.1. The van der Waals surface area contributed by atoms with Crippen LogP contribution >= 0.6 is 0 Å². The lowest BCUT2D eigenvalue weighted by Crippen LogP contribution is -2.43. The number of hydrogen-bond donors (Lipinski definition) is 3. The molecule has 0 spiro atoms. The molecule has 1 aliphatic carbocycles. The number of nitrogens with one attached hydrogen (secondary N) is 2. The Balaban J connectivity index is 1.97. The van der Waals surface area contributed by atoms with E-state index in [9.17, 15) is 18.0 Å². The molecule has 1 aliphatic rings. The third kappa shape index (κ3) is 5.33. The third-order valence-electron chi connectivity index (χ3n) is 3.92. The first kappa shape index (κ1) is 18.4. The van der Waals surface area contributed by atoms with Crippen LogP contribution in [-0.4, -0.2) is 39.9 Å². The first-order valence-electron chi connectivity index (χ1n) is 7.68. The fourth-order valence-electron chi connectivity index (χ4n) is 2.69. The van der Waals surface area contributed by atoms with Crippen LogP contribution in [0.1, 0.15) is 37.9 Å². The van der Waals surface area contributed by atoms with Crippen molar-refractivity contribution in [1.82, 2.24) is 15.3 Å². The average molecular weight is 346 g/mol. The van der Waals surface area contributed by atoms with Crippen molar-refractivity contribution in [2.75, 3.05) is 11.9 Å². The van der Waals surface area contributed by atoms with Crippen molar-refractivity contribution in [3.05, 3.63) is 17.5 Å². The summed E-state index contributed by atoms with van der Waals surface area (Å²) in [7, 11) is 0. The van der Waals surface area contributed by atoms with Gasteiger partial charge in [-0.1, -0.05) is 13.8 Å². The SMILES string of the molecule is CC1(C)CCc2nc(NC(=O)NC(CO)CC(F)(F)F)ncc2C1. The second kappa shape index (κ2) is 6.92. The predicted octanol–water partition coefficient (Wildman–Crippen LogP) is 2.43. The monoisotopic (exact) mass is 346 g/mol. The van der Waals surface area contributed by atoms with E-state index in [-0.39, 0.29) is 11.4 Å². The molecular formula is C15H21F3N4O2. The average Bonchev–Trinajstić information content (AvgIpc) is 2.44. The largest absolute Gasteiger partial charge is 0.394 e. The van der Waals surface area contributed by atoms with Crippen LogP contribution < -0.4 is 10.6 Å². The summed E-state index contributed by atoms with van der Waals surface area (Å²) in [5.74, 6) is 0.0367. The van der Waals surface area contributed by atoms with E-state index in [1.165, 1.54) is 0 Å². The molecule has 2 amide bonds. The minimum atomic E-state index is -4.48. The van der Waals surface area contributed by atoms with Gasteiger partial charge in [-0.2, -0.15) is 13.2 Å². The third-order valence-corrected chi connectivity index (χ3v) is 3.92. The zero-order valence-corrected chi connectivity index (χ0v) is 13.6. The highest BCUT2D eigenvalue weighted by Gasteiger charge is 2.32. The number of carbonyl (C=O) groups is 1. The summed E-state index contributed by atoms with van der Waals surface area (Å²) in [5, 5.41) is 13.3. The lowest BCUT2D eigenvalue weighted by molar-refractivity contribution is -0.141. The summed E-state index contributed by atoms with van der Waals surface area (Å²) in [6.45, 7) is 3.50. The van der Waals surface area contributed by atoms with Crippen molar-refractivity contribution >= 4 is 12.0 Å². The Hall–Kier alpha value is -1.90. The van der Waals surface area contributed by atoms with Gasteiger partial charge >= 0.3 is 12.2 Å². The molecule has 1 aromatic rings. The Bertz CT molecular complexity index is 605. The molecule has 0 aliphatic heterocycles. The van der Waals surface area contributed by atoms with Gasteiger partial charge in [0.1, 0.15) is 0 Å². The number of alkyl halides is 3. The van der Waals surface area contributed by atoms with Gasteiger partial charge in [0, 0.05) is 11.9 Å². The molecular weight excluding hydrogens is 325 g/mol. The van der Waals surface area contributed by atoms with Gasteiger partial charge in [0.15, 0.2) is 0 Å². The number of anilines is 1. The number of aliphatic hydroxyl groups is 1. The lowest BCUT2D eigenvalue weighted by atomic mass is 9.76. The zero-order valence-electron chi connectivity index (χ0n) is 13.6. The molecule has 6 nitrogen and oxygen atoms in total. The van der Waals surface area contributed by atoms with Crippen molar-refractivity contribution in [3.8, 4) is 0 Å². The minimum absolute atomic E-state index is 0.0367. The van der Waals surface area contributed by atoms with Crippen LogP contribution in [0.3, 0.4) is 0 Å². The molecule has 134 valence electrons. The van der Waals surface area contributed by atoms with E-state index >= 15 is 0 Å². The summed E-state index contributed by atoms with van der Waals surface area (Å²) >= 11 is 0. The van der Waals surface area contributed by atoms with E-state index in [1.807, 2.05) is 0 Å². The Labute approximate surface area is 137 Å². The molecule has 24 heavy (non-hydrogen) atoms. The number of aromatic nitrogens is 2. The van der Waals surface area contributed by atoms with Gasteiger partial charge in [0.05, 0.1) is 19.1 Å². The smallest absolute Gasteiger partial charge is 0.391 e. The molecule has 0 saturated carbocycles. The van der Waals surface area contributed by atoms with Gasteiger partial charge in [-0.15, -0.1) is 0 Å². The molecule has 0 saturated heterocycles. The van der Waals surface area contributed by atoms with E-state index in [4.69, 9.17) is 5.11 Å². The Morgan fingerprint density at radius 1 is 1.46 bits per heavy atom. The van der Waals surface area contributed by atoms with Gasteiger partial charge < -0.3 is 10.4 Å². The van der Waals surface area contributed by atoms with Crippen molar-refractivity contribution in [2.45, 2.75) is 51.7 Å². The second-order valence-electron chi connectivity index (χ2n) is 6.80. The topological polar surface area (TPSA) is 87.1 Å². The van der Waals surface area contributed by atoms with E-state index in [2.05, 4.69) is 34.4 Å². The molecule has 1 heterocycles. The number of nitrogens with zero attached hydrogens (tertiary/aromatic N) is 2. The Morgan fingerprint density at radius 3 is 2.79 bits per heavy atom. The van der Waals surface area contributed by atoms with E-state index in [0.29, 0.717) is 0 Å². The van der Waals surface area contributed by atoms with Gasteiger partial charge in [0.2, 0.25) is 5.95 Å². The molecule has 9 heteroatoms. The van der Waals surface area contributed by atoms with Gasteiger partial charge in [-0.3, -0.25) is 5.32 Å². The number of fused-ring (bicyclic) bond motifs is 1. The minimum Gasteiger partial charge on any atom is -0.394 e. The van der Waals surface area contributed by atoms with Crippen LogP contribution in [0.4, 0.5) is 23.9 Å². The van der Waals surface area contributed by atoms with Crippen LogP contribution in [0.15, 0.2) is 6.20 Å². The van der Waals surface area contributed by atoms with Crippen LogP contribution in [-0.2, 0) is 12.8 Å². The van der Waals surface area contributed by atoms with Gasteiger partial charge in [0.25, 0.3) is 0 Å². The molecule has 2 rings (SSSR count). The number of rotatable bonds is 4. The number of urea groups is 1. The Kier molecular flexibility index (Phi) is 5.32. The number of hydrogen-bond acceptors (Lipinski definition) is 4. The van der Waals surface area contributed by atoms with E-state index in [1.54, 1.807) is 6.20 Å². The standard InChI is InChI=1S/C15H21F3N4O2/c1-14(2)4-3-11-9(5-14)7-19-12(21-11)22-13(24)20-10(8-23)6-15(16,17)18/h7,10,23H,3-6,8H2,1-2H3,(H2,19,20,21,22,24). The molecule has 0 fully saturated rings. The van der Waals surface area contributed by atoms with Crippen LogP contribution in [0.2, 0.25) is 0 Å². The molecule has 3 N–H and O–H groups in total. The van der Waals surface area contributed by atoms with Crippen LogP contribution in [0, 0.1) is 5.41 Å². The predicted molar refractivity (Wildman–Crippen MR) is 81.5 cm³/mol. The lowest BCUT2D eigenvalue weighted by Gasteiger charge is -2.30. The number of aryl methyl sites for hydroxylation is 1. The van der Waals surface area contributed by atoms with Crippen molar-refractivity contribution in [3.63, 3.8) is 0 Å². The van der Waals surface area contributed by atoms with Gasteiger partial charge in [-0.25, -0.2) is 14.8 Å². The molecule has 0 bridgehead atoms. The van der Waals surface area contributed by atoms with E-state index in [0.717, 1.165) is 30.5 Å². The maximum Gasteiger partial charge on any atom is 0.391 e. The number of amides is 2. The van der Waals surface area contributed by atoms with Crippen molar-refractivity contribution < 1.29 is 23.1 Å². The van der Waals surface area contributed by atoms with Crippen molar-refractivity contribution in [1.29, 1.82) is 0 Å². The highest BCUT2D eigenvalue weighted by molar-refractivity contribution is 5.87. The molecule has 1 aromatic heterocycles. The molecule has 0 aromatic carbocycles. The van der Waals surface area contributed by atoms with Gasteiger partial charge in [-0.05, 0) is 30.2 Å². The highest BCUT2D eigenvalue weighted by atomic mass is 19.4. The summed E-state index contributed by atoms with van der Waals surface area (Å²) in [5.41, 5.74) is 2.03. The zero-order chi connectivity index (χ0) is 18.0. The highest BCUT2D eigenvalue weighted by Crippen LogP contribution is 2.33. The summed E-state index contributed by atoms with van der Waals surface area (Å²) < 4.78 is 36.9. The molecule has 1 unspecified atom stereocenters. The first-order valence-corrected chi connectivity index (χ1v) is 7.68. The van der Waals surface area contributed by atoms with Crippen molar-refractivity contribution in [2.24, 2.45) is 5.41 Å². The fraction of sp³-hybridized carbons (Fsp3) is 0.667. The molecule has 0 radical (unpaired) electrons. The maximum atomic E-state index is 12.3. The fourth-order valence-corrected chi connectivity index (χ4v) is 2.69. The first-order chi connectivity index (χ1) is 11.1. The molecule has 1 atom stereocenters. The number of carbonyl (C=O) groups excluding carboxylic acids is 1. The number of halogens is 3. The normalized spacial score (nSPS) is 17.8. The number of aliphatic hydroxyl groups excluding tert-OH is 1. The Morgan fingerprint density at radius 2 is 2.17 bits per heavy atom. The second-order valence-corrected chi connectivity index (χ2v) is 6.80.